The van der Waals surface area contributed by atoms with Gasteiger partial charge < -0.3 is 9.64 Å². The van der Waals surface area contributed by atoms with Gasteiger partial charge in [-0.05, 0) is 25.7 Å². The van der Waals surface area contributed by atoms with Crippen molar-refractivity contribution in [3.63, 3.8) is 0 Å². The van der Waals surface area contributed by atoms with E-state index in [1.807, 2.05) is 0 Å². The lowest BCUT2D eigenvalue weighted by atomic mass is 9.96. The van der Waals surface area contributed by atoms with Crippen LogP contribution in [0.5, 0.6) is 0 Å². The van der Waals surface area contributed by atoms with Crippen molar-refractivity contribution in [2.75, 3.05) is 13.1 Å². The summed E-state index contributed by atoms with van der Waals surface area (Å²) in [5.41, 5.74) is 0. The largest absolute Gasteiger partial charge is 0.438 e. The number of carbonyl (C=O) groups excluding carboxylic acids is 2. The van der Waals surface area contributed by atoms with Gasteiger partial charge in [-0.1, -0.05) is 0 Å². The molecule has 1 heterocycles. The monoisotopic (exact) mass is 197 g/mol. The lowest BCUT2D eigenvalue weighted by Gasteiger charge is -2.32. The topological polar surface area (TPSA) is 46.6 Å². The fraction of sp³-hybridized carbons (Fsp3) is 0.800. The van der Waals surface area contributed by atoms with Crippen molar-refractivity contribution < 1.29 is 14.3 Å². The Labute approximate surface area is 83.2 Å². The van der Waals surface area contributed by atoms with Crippen LogP contribution >= 0.6 is 0 Å². The minimum absolute atomic E-state index is 0.0881. The van der Waals surface area contributed by atoms with Crippen molar-refractivity contribution in [2.45, 2.75) is 38.2 Å². The zero-order valence-corrected chi connectivity index (χ0v) is 8.20. The number of amides is 1. The highest BCUT2D eigenvalue weighted by Crippen LogP contribution is 2.19. The molecule has 78 valence electrons. The lowest BCUT2D eigenvalue weighted by molar-refractivity contribution is -0.130. The normalized spacial score (nSPS) is 27.0. The Morgan fingerprint density at radius 1 is 1.29 bits per heavy atom. The summed E-state index contributed by atoms with van der Waals surface area (Å²) in [5.74, 6) is 0.0881. The minimum Gasteiger partial charge on any atom is -0.438 e. The Balaban J connectivity index is 1.82. The Morgan fingerprint density at radius 2 is 2.07 bits per heavy atom. The van der Waals surface area contributed by atoms with Gasteiger partial charge in [-0.2, -0.15) is 0 Å². The summed E-state index contributed by atoms with van der Waals surface area (Å²) < 4.78 is 5.14. The number of likely N-dealkylation sites (tertiary alicyclic amines) is 1. The van der Waals surface area contributed by atoms with Gasteiger partial charge >= 0.3 is 6.09 Å². The summed E-state index contributed by atoms with van der Waals surface area (Å²) >= 11 is 0. The Kier molecular flexibility index (Phi) is 2.70. The number of ether oxygens (including phenoxy) is 1. The van der Waals surface area contributed by atoms with Gasteiger partial charge in [-0.25, -0.2) is 4.79 Å². The predicted molar refractivity (Wildman–Crippen MR) is 49.9 cm³/mol. The zero-order valence-electron chi connectivity index (χ0n) is 8.20. The molecular formula is C10H15NO3. The van der Waals surface area contributed by atoms with Gasteiger partial charge in [-0.15, -0.1) is 0 Å². The molecule has 4 heteroatoms. The number of rotatable bonds is 1. The van der Waals surface area contributed by atoms with Crippen LogP contribution in [0.4, 0.5) is 4.79 Å². The molecule has 0 N–H and O–H groups in total. The van der Waals surface area contributed by atoms with E-state index >= 15 is 0 Å². The number of ketones is 1. The fourth-order valence-electron chi connectivity index (χ4n) is 1.77. The van der Waals surface area contributed by atoms with E-state index in [4.69, 9.17) is 4.74 Å². The highest BCUT2D eigenvalue weighted by molar-refractivity contribution is 5.86. The van der Waals surface area contributed by atoms with Gasteiger partial charge in [0.1, 0.15) is 0 Å². The van der Waals surface area contributed by atoms with E-state index in [0.717, 1.165) is 32.4 Å². The minimum atomic E-state index is -0.461. The molecule has 14 heavy (non-hydrogen) atoms. The molecule has 0 radical (unpaired) electrons. The smallest absolute Gasteiger partial charge is 0.410 e. The summed E-state index contributed by atoms with van der Waals surface area (Å²) in [6.45, 7) is 1.56. The highest BCUT2D eigenvalue weighted by Gasteiger charge is 2.29. The first kappa shape index (κ1) is 9.49. The fourth-order valence-corrected chi connectivity index (χ4v) is 1.77. The van der Waals surface area contributed by atoms with E-state index in [9.17, 15) is 9.59 Å². The average Bonchev–Trinajstić information content (AvgIpc) is 2.05. The van der Waals surface area contributed by atoms with Crippen molar-refractivity contribution in [2.24, 2.45) is 0 Å². The number of Topliss-reactive ketones (excluding diaryl/α,β-unsaturated/α-hetero) is 1. The van der Waals surface area contributed by atoms with Gasteiger partial charge in [-0.3, -0.25) is 4.79 Å². The molecule has 0 aromatic heterocycles. The second-order valence-corrected chi connectivity index (χ2v) is 3.93. The van der Waals surface area contributed by atoms with E-state index in [2.05, 4.69) is 0 Å². The van der Waals surface area contributed by atoms with Crippen LogP contribution in [0.2, 0.25) is 0 Å². The van der Waals surface area contributed by atoms with Crippen molar-refractivity contribution >= 4 is 11.9 Å². The SMILES string of the molecule is O=C1CCCCC1OC(=O)N1CCC1. The Morgan fingerprint density at radius 3 is 2.64 bits per heavy atom. The van der Waals surface area contributed by atoms with Crippen molar-refractivity contribution in [1.82, 2.24) is 4.90 Å². The summed E-state index contributed by atoms with van der Waals surface area (Å²) in [5, 5.41) is 0. The van der Waals surface area contributed by atoms with Crippen LogP contribution in [0.3, 0.4) is 0 Å². The molecule has 1 aliphatic heterocycles. The number of nitrogens with zero attached hydrogens (tertiary/aromatic N) is 1. The van der Waals surface area contributed by atoms with Crippen molar-refractivity contribution in [1.29, 1.82) is 0 Å². The maximum atomic E-state index is 11.4. The van der Waals surface area contributed by atoms with E-state index in [-0.39, 0.29) is 11.9 Å². The second-order valence-electron chi connectivity index (χ2n) is 3.93. The number of carbonyl (C=O) groups is 2. The number of hydrogen-bond acceptors (Lipinski definition) is 3. The molecule has 0 aromatic carbocycles. The summed E-state index contributed by atoms with van der Waals surface area (Å²) in [4.78, 5) is 24.4. The molecule has 1 atom stereocenters. The first-order chi connectivity index (χ1) is 6.77. The van der Waals surface area contributed by atoms with Gasteiger partial charge in [0.15, 0.2) is 11.9 Å². The molecule has 0 bridgehead atoms. The van der Waals surface area contributed by atoms with Crippen molar-refractivity contribution in [3.8, 4) is 0 Å². The predicted octanol–water partition coefficient (Wildman–Crippen LogP) is 1.34. The standard InChI is InChI=1S/C10H15NO3/c12-8-4-1-2-5-9(8)14-10(13)11-6-3-7-11/h9H,1-7H2. The molecule has 2 aliphatic rings. The molecule has 2 rings (SSSR count). The lowest BCUT2D eigenvalue weighted by Crippen LogP contribution is -2.45. The van der Waals surface area contributed by atoms with Crippen LogP contribution in [-0.4, -0.2) is 36.0 Å². The van der Waals surface area contributed by atoms with Gasteiger partial charge in [0, 0.05) is 19.5 Å². The van der Waals surface area contributed by atoms with Gasteiger partial charge in [0.2, 0.25) is 0 Å². The van der Waals surface area contributed by atoms with Crippen LogP contribution < -0.4 is 0 Å². The molecule has 2 fully saturated rings. The highest BCUT2D eigenvalue weighted by atomic mass is 16.6. The van der Waals surface area contributed by atoms with E-state index in [1.54, 1.807) is 4.90 Å². The third-order valence-corrected chi connectivity index (χ3v) is 2.86. The van der Waals surface area contributed by atoms with Crippen LogP contribution in [-0.2, 0) is 9.53 Å². The van der Waals surface area contributed by atoms with E-state index < -0.39 is 6.10 Å². The van der Waals surface area contributed by atoms with E-state index in [0.29, 0.717) is 12.8 Å². The van der Waals surface area contributed by atoms with Crippen molar-refractivity contribution in [3.05, 3.63) is 0 Å². The quantitative estimate of drug-likeness (QED) is 0.637. The molecule has 1 amide bonds. The summed E-state index contributed by atoms with van der Waals surface area (Å²) in [6, 6.07) is 0. The van der Waals surface area contributed by atoms with Crippen LogP contribution in [0.25, 0.3) is 0 Å². The molecule has 1 saturated carbocycles. The van der Waals surface area contributed by atoms with Gasteiger partial charge in [0.25, 0.3) is 0 Å². The van der Waals surface area contributed by atoms with E-state index in [1.165, 1.54) is 0 Å². The van der Waals surface area contributed by atoms with Gasteiger partial charge in [0.05, 0.1) is 0 Å². The first-order valence-electron chi connectivity index (χ1n) is 5.25. The number of hydrogen-bond donors (Lipinski definition) is 0. The summed E-state index contributed by atoms with van der Waals surface area (Å²) in [6.07, 6.45) is 3.48. The first-order valence-corrected chi connectivity index (χ1v) is 5.25. The molecule has 1 aliphatic carbocycles. The van der Waals surface area contributed by atoms with Crippen LogP contribution in [0.1, 0.15) is 32.1 Å². The molecule has 0 aromatic rings. The molecular weight excluding hydrogens is 182 g/mol. The average molecular weight is 197 g/mol. The molecule has 0 spiro atoms. The zero-order chi connectivity index (χ0) is 9.97. The molecule has 1 saturated heterocycles. The Bertz CT molecular complexity index is 248. The van der Waals surface area contributed by atoms with Crippen LogP contribution in [0.15, 0.2) is 0 Å². The third-order valence-electron chi connectivity index (χ3n) is 2.86. The molecule has 1 unspecified atom stereocenters. The second kappa shape index (κ2) is 3.98. The maximum absolute atomic E-state index is 11.4. The summed E-state index contributed by atoms with van der Waals surface area (Å²) in [7, 11) is 0. The van der Waals surface area contributed by atoms with Crippen LogP contribution in [0, 0.1) is 0 Å². The third kappa shape index (κ3) is 1.89. The maximum Gasteiger partial charge on any atom is 0.410 e. The molecule has 4 nitrogen and oxygen atoms in total. The Hall–Kier alpha value is -1.06.